The van der Waals surface area contributed by atoms with Gasteiger partial charge in [-0.25, -0.2) is 0 Å². The molecule has 88 valence electrons. The summed E-state index contributed by atoms with van der Waals surface area (Å²) in [7, 11) is 0. The van der Waals surface area contributed by atoms with Gasteiger partial charge in [0.05, 0.1) is 0 Å². The molecule has 0 unspecified atom stereocenters. The molecule has 0 aliphatic heterocycles. The highest BCUT2D eigenvalue weighted by Crippen LogP contribution is 2.24. The minimum atomic E-state index is -0.235. The monoisotopic (exact) mass is 231 g/mol. The number of nitrogens with zero attached hydrogens (tertiary/aromatic N) is 2. The second kappa shape index (κ2) is 4.37. The number of aromatic nitrogens is 2. The molecule has 1 heterocycles. The first-order valence-electron chi connectivity index (χ1n) is 5.25. The molecule has 1 aromatic heterocycles. The van der Waals surface area contributed by atoms with Gasteiger partial charge in [0.15, 0.2) is 0 Å². The lowest BCUT2D eigenvalue weighted by molar-refractivity contribution is -0.114. The predicted octanol–water partition coefficient (Wildman–Crippen LogP) is 2.31. The molecule has 0 atom stereocenters. The van der Waals surface area contributed by atoms with Crippen molar-refractivity contribution in [1.29, 1.82) is 0 Å². The van der Waals surface area contributed by atoms with Crippen molar-refractivity contribution in [2.75, 3.05) is 5.32 Å². The molecule has 2 rings (SSSR count). The minimum Gasteiger partial charge on any atom is -0.403 e. The van der Waals surface area contributed by atoms with E-state index >= 15 is 0 Å². The van der Waals surface area contributed by atoms with E-state index < -0.39 is 0 Å². The average molecular weight is 231 g/mol. The molecule has 1 aromatic carbocycles. The zero-order valence-electron chi connectivity index (χ0n) is 9.94. The fourth-order valence-electron chi connectivity index (χ4n) is 1.59. The van der Waals surface area contributed by atoms with Crippen LogP contribution in [0.3, 0.4) is 0 Å². The van der Waals surface area contributed by atoms with Crippen LogP contribution in [0.5, 0.6) is 0 Å². The van der Waals surface area contributed by atoms with Crippen molar-refractivity contribution in [1.82, 2.24) is 10.2 Å². The van der Waals surface area contributed by atoms with Crippen LogP contribution in [-0.4, -0.2) is 16.1 Å². The number of nitrogens with one attached hydrogen (secondary N) is 1. The maximum Gasteiger partial charge on any atom is 0.322 e. The zero-order valence-corrected chi connectivity index (χ0v) is 9.94. The molecule has 0 radical (unpaired) electrons. The molecule has 1 N–H and O–H groups in total. The molecule has 0 fully saturated rings. The number of carbonyl (C=O) groups excluding carboxylic acids is 1. The number of anilines is 1. The number of amides is 1. The summed E-state index contributed by atoms with van der Waals surface area (Å²) in [6.45, 7) is 5.39. The van der Waals surface area contributed by atoms with Gasteiger partial charge in [-0.05, 0) is 25.5 Å². The number of hydrogen-bond acceptors (Lipinski definition) is 4. The van der Waals surface area contributed by atoms with Crippen molar-refractivity contribution in [3.63, 3.8) is 0 Å². The molecule has 0 aliphatic rings. The van der Waals surface area contributed by atoms with E-state index in [1.807, 2.05) is 32.0 Å². The predicted molar refractivity (Wildman–Crippen MR) is 63.5 cm³/mol. The summed E-state index contributed by atoms with van der Waals surface area (Å²) in [5.41, 5.74) is 3.11. The first-order valence-corrected chi connectivity index (χ1v) is 5.25. The van der Waals surface area contributed by atoms with Crippen molar-refractivity contribution in [3.8, 4) is 11.5 Å². The summed E-state index contributed by atoms with van der Waals surface area (Å²) >= 11 is 0. The van der Waals surface area contributed by atoms with E-state index in [2.05, 4.69) is 15.5 Å². The fourth-order valence-corrected chi connectivity index (χ4v) is 1.59. The van der Waals surface area contributed by atoms with Crippen LogP contribution in [0.4, 0.5) is 6.01 Å². The Labute approximate surface area is 98.9 Å². The van der Waals surface area contributed by atoms with E-state index in [9.17, 15) is 4.79 Å². The van der Waals surface area contributed by atoms with Crippen molar-refractivity contribution in [2.45, 2.75) is 20.8 Å². The summed E-state index contributed by atoms with van der Waals surface area (Å²) < 4.78 is 5.35. The largest absolute Gasteiger partial charge is 0.403 e. The van der Waals surface area contributed by atoms with Gasteiger partial charge in [0.1, 0.15) is 0 Å². The molecular formula is C12H13N3O2. The highest BCUT2D eigenvalue weighted by atomic mass is 16.4. The van der Waals surface area contributed by atoms with Gasteiger partial charge in [0.2, 0.25) is 11.8 Å². The summed E-state index contributed by atoms with van der Waals surface area (Å²) in [5.74, 6) is 0.173. The fraction of sp³-hybridized carbons (Fsp3) is 0.250. The van der Waals surface area contributed by atoms with Gasteiger partial charge in [-0.1, -0.05) is 22.8 Å². The Bertz CT molecular complexity index is 561. The Morgan fingerprint density at radius 2 is 2.06 bits per heavy atom. The summed E-state index contributed by atoms with van der Waals surface area (Å²) in [6.07, 6.45) is 0. The van der Waals surface area contributed by atoms with E-state index in [1.54, 1.807) is 0 Å². The van der Waals surface area contributed by atoms with E-state index in [0.29, 0.717) is 5.89 Å². The Morgan fingerprint density at radius 1 is 1.29 bits per heavy atom. The summed E-state index contributed by atoms with van der Waals surface area (Å²) in [6, 6.07) is 6.06. The van der Waals surface area contributed by atoms with E-state index in [1.165, 1.54) is 12.5 Å². The van der Waals surface area contributed by atoms with Crippen LogP contribution in [0.25, 0.3) is 11.5 Å². The van der Waals surface area contributed by atoms with Crippen LogP contribution in [-0.2, 0) is 4.79 Å². The van der Waals surface area contributed by atoms with Gasteiger partial charge in [-0.15, -0.1) is 5.10 Å². The summed E-state index contributed by atoms with van der Waals surface area (Å²) in [5, 5.41) is 10.1. The topological polar surface area (TPSA) is 68.0 Å². The Balaban J connectivity index is 2.33. The van der Waals surface area contributed by atoms with Crippen molar-refractivity contribution in [2.24, 2.45) is 0 Å². The molecule has 5 nitrogen and oxygen atoms in total. The zero-order chi connectivity index (χ0) is 12.4. The van der Waals surface area contributed by atoms with Crippen molar-refractivity contribution < 1.29 is 9.21 Å². The van der Waals surface area contributed by atoms with Gasteiger partial charge in [-0.2, -0.15) is 0 Å². The lowest BCUT2D eigenvalue weighted by Crippen LogP contribution is -2.05. The number of aryl methyl sites for hydroxylation is 2. The number of benzene rings is 1. The maximum absolute atomic E-state index is 10.8. The third-order valence-electron chi connectivity index (χ3n) is 2.32. The van der Waals surface area contributed by atoms with E-state index in [4.69, 9.17) is 4.42 Å². The second-order valence-corrected chi connectivity index (χ2v) is 3.91. The molecule has 5 heteroatoms. The Morgan fingerprint density at radius 3 is 2.71 bits per heavy atom. The molecule has 1 amide bonds. The molecule has 0 bridgehead atoms. The second-order valence-electron chi connectivity index (χ2n) is 3.91. The molecule has 17 heavy (non-hydrogen) atoms. The van der Waals surface area contributed by atoms with Crippen LogP contribution < -0.4 is 5.32 Å². The first kappa shape index (κ1) is 11.3. The molecule has 2 aromatic rings. The Kier molecular flexibility index (Phi) is 2.91. The SMILES string of the molecule is CC(=O)Nc1nnc(-c2ccc(C)cc2C)o1. The third-order valence-corrected chi connectivity index (χ3v) is 2.32. The third kappa shape index (κ3) is 2.50. The first-order chi connectivity index (χ1) is 8.06. The van der Waals surface area contributed by atoms with Crippen LogP contribution in [0.1, 0.15) is 18.1 Å². The molecular weight excluding hydrogens is 218 g/mol. The highest BCUT2D eigenvalue weighted by molar-refractivity contribution is 5.86. The van der Waals surface area contributed by atoms with Gasteiger partial charge < -0.3 is 4.42 Å². The van der Waals surface area contributed by atoms with Crippen LogP contribution in [0.15, 0.2) is 22.6 Å². The van der Waals surface area contributed by atoms with Crippen molar-refractivity contribution >= 4 is 11.9 Å². The van der Waals surface area contributed by atoms with Crippen LogP contribution in [0, 0.1) is 13.8 Å². The highest BCUT2D eigenvalue weighted by Gasteiger charge is 2.11. The van der Waals surface area contributed by atoms with E-state index in [-0.39, 0.29) is 11.9 Å². The Hall–Kier alpha value is -2.17. The maximum atomic E-state index is 10.8. The van der Waals surface area contributed by atoms with E-state index in [0.717, 1.165) is 11.1 Å². The minimum absolute atomic E-state index is 0.118. The molecule has 0 spiro atoms. The van der Waals surface area contributed by atoms with Crippen LogP contribution >= 0.6 is 0 Å². The van der Waals surface area contributed by atoms with Gasteiger partial charge in [0, 0.05) is 12.5 Å². The number of carbonyl (C=O) groups is 1. The lowest BCUT2D eigenvalue weighted by atomic mass is 10.1. The summed E-state index contributed by atoms with van der Waals surface area (Å²) in [4.78, 5) is 10.8. The molecule has 0 aliphatic carbocycles. The van der Waals surface area contributed by atoms with Gasteiger partial charge in [-0.3, -0.25) is 10.1 Å². The number of hydrogen-bond donors (Lipinski definition) is 1. The molecule has 0 saturated carbocycles. The molecule has 0 saturated heterocycles. The van der Waals surface area contributed by atoms with Gasteiger partial charge in [0.25, 0.3) is 0 Å². The quantitative estimate of drug-likeness (QED) is 0.861. The van der Waals surface area contributed by atoms with Gasteiger partial charge >= 0.3 is 6.01 Å². The van der Waals surface area contributed by atoms with Crippen LogP contribution in [0.2, 0.25) is 0 Å². The standard InChI is InChI=1S/C12H13N3O2/c1-7-4-5-10(8(2)6-7)11-14-15-12(17-11)13-9(3)16/h4-6H,1-3H3,(H,13,15,16). The van der Waals surface area contributed by atoms with Crippen molar-refractivity contribution in [3.05, 3.63) is 29.3 Å². The average Bonchev–Trinajstić information content (AvgIpc) is 2.65. The number of rotatable bonds is 2. The normalized spacial score (nSPS) is 10.3. The lowest BCUT2D eigenvalue weighted by Gasteiger charge is -2.01. The smallest absolute Gasteiger partial charge is 0.322 e.